The van der Waals surface area contributed by atoms with Crippen molar-refractivity contribution in [1.29, 1.82) is 0 Å². The number of nitrogens with one attached hydrogen (secondary N) is 1. The van der Waals surface area contributed by atoms with Crippen molar-refractivity contribution in [2.75, 3.05) is 11.4 Å². The summed E-state index contributed by atoms with van der Waals surface area (Å²) in [6, 6.07) is 4.15. The topological polar surface area (TPSA) is 69.6 Å². The van der Waals surface area contributed by atoms with E-state index in [-0.39, 0.29) is 6.42 Å². The van der Waals surface area contributed by atoms with E-state index in [0.717, 1.165) is 4.90 Å². The zero-order valence-electron chi connectivity index (χ0n) is 10.1. The van der Waals surface area contributed by atoms with Crippen LogP contribution in [0.2, 0.25) is 0 Å². The third-order valence-electron chi connectivity index (χ3n) is 2.92. The quantitative estimate of drug-likeness (QED) is 0.871. The number of anilines is 1. The van der Waals surface area contributed by atoms with Crippen molar-refractivity contribution < 1.29 is 27.9 Å². The van der Waals surface area contributed by atoms with E-state index in [9.17, 15) is 22.8 Å². The molecule has 0 aliphatic carbocycles. The molecule has 2 rings (SSSR count). The number of hydrogen-bond acceptors (Lipinski definition) is 2. The first-order valence-electron chi connectivity index (χ1n) is 5.74. The Morgan fingerprint density at radius 3 is 2.60 bits per heavy atom. The summed E-state index contributed by atoms with van der Waals surface area (Å²) in [4.78, 5) is 23.8. The number of carboxylic acid groups (broad SMARTS) is 1. The maximum atomic E-state index is 12.1. The highest BCUT2D eigenvalue weighted by atomic mass is 19.4. The number of carboxylic acids is 1. The van der Waals surface area contributed by atoms with Gasteiger partial charge in [0.15, 0.2) is 0 Å². The Morgan fingerprint density at radius 1 is 1.35 bits per heavy atom. The number of halogens is 3. The lowest BCUT2D eigenvalue weighted by Crippen LogP contribution is -2.49. The first-order chi connectivity index (χ1) is 9.29. The van der Waals surface area contributed by atoms with Crippen molar-refractivity contribution in [3.05, 3.63) is 29.8 Å². The number of urea groups is 1. The number of amides is 2. The Labute approximate surface area is 112 Å². The van der Waals surface area contributed by atoms with Crippen molar-refractivity contribution in [3.63, 3.8) is 0 Å². The van der Waals surface area contributed by atoms with Gasteiger partial charge in [0.1, 0.15) is 12.6 Å². The third kappa shape index (κ3) is 2.84. The minimum atomic E-state index is -4.55. The van der Waals surface area contributed by atoms with E-state index in [0.29, 0.717) is 11.3 Å². The van der Waals surface area contributed by atoms with Gasteiger partial charge in [-0.15, -0.1) is 0 Å². The highest BCUT2D eigenvalue weighted by Gasteiger charge is 2.39. The van der Waals surface area contributed by atoms with Gasteiger partial charge >= 0.3 is 18.2 Å². The Kier molecular flexibility index (Phi) is 3.56. The normalized spacial score (nSPS) is 17.8. The average Bonchev–Trinajstić information content (AvgIpc) is 2.74. The van der Waals surface area contributed by atoms with Crippen LogP contribution in [0.15, 0.2) is 24.3 Å². The summed E-state index contributed by atoms with van der Waals surface area (Å²) >= 11 is 0. The molecule has 2 amide bonds. The summed E-state index contributed by atoms with van der Waals surface area (Å²) in [6.45, 7) is -1.50. The summed E-state index contributed by atoms with van der Waals surface area (Å²) in [5, 5.41) is 10.8. The summed E-state index contributed by atoms with van der Waals surface area (Å²) in [5.41, 5.74) is 0.932. The predicted molar refractivity (Wildman–Crippen MR) is 63.5 cm³/mol. The maximum Gasteiger partial charge on any atom is 0.405 e. The van der Waals surface area contributed by atoms with Crippen LogP contribution in [0.1, 0.15) is 5.56 Å². The van der Waals surface area contributed by atoms with Gasteiger partial charge in [-0.2, -0.15) is 13.2 Å². The van der Waals surface area contributed by atoms with Gasteiger partial charge in [-0.1, -0.05) is 18.2 Å². The molecule has 2 N–H and O–H groups in total. The molecule has 0 spiro atoms. The molecule has 1 aliphatic heterocycles. The molecular formula is C12H11F3N2O3. The standard InChI is InChI=1S/C12H11F3N2O3/c13-12(14,15)6-16-11(20)17-8-4-2-1-3-7(8)5-9(17)10(18)19/h1-4,9H,5-6H2,(H,16,20)(H,18,19)/t9-/m0/s1. The molecule has 0 saturated carbocycles. The van der Waals surface area contributed by atoms with Crippen LogP contribution in [0, 0.1) is 0 Å². The number of hydrogen-bond donors (Lipinski definition) is 2. The zero-order valence-corrected chi connectivity index (χ0v) is 10.1. The number of carbonyl (C=O) groups is 2. The molecule has 0 fully saturated rings. The minimum Gasteiger partial charge on any atom is -0.480 e. The lowest BCUT2D eigenvalue weighted by atomic mass is 10.1. The van der Waals surface area contributed by atoms with Crippen LogP contribution < -0.4 is 10.2 Å². The smallest absolute Gasteiger partial charge is 0.405 e. The summed E-state index contributed by atoms with van der Waals surface area (Å²) in [6.07, 6.45) is -4.47. The highest BCUT2D eigenvalue weighted by molar-refractivity contribution is 6.01. The summed E-state index contributed by atoms with van der Waals surface area (Å²) < 4.78 is 36.3. The second-order valence-corrected chi connectivity index (χ2v) is 4.33. The predicted octanol–water partition coefficient (Wildman–Crippen LogP) is 1.77. The SMILES string of the molecule is O=C(O)[C@@H]1Cc2ccccc2N1C(=O)NCC(F)(F)F. The Balaban J connectivity index is 2.22. The Bertz CT molecular complexity index is 545. The molecule has 0 saturated heterocycles. The second-order valence-electron chi connectivity index (χ2n) is 4.33. The largest absolute Gasteiger partial charge is 0.480 e. The monoisotopic (exact) mass is 288 g/mol. The average molecular weight is 288 g/mol. The van der Waals surface area contributed by atoms with Gasteiger partial charge in [-0.3, -0.25) is 4.90 Å². The van der Waals surface area contributed by atoms with Crippen LogP contribution in [0.3, 0.4) is 0 Å². The van der Waals surface area contributed by atoms with Gasteiger partial charge in [-0.25, -0.2) is 9.59 Å². The van der Waals surface area contributed by atoms with Crippen molar-refractivity contribution in [2.24, 2.45) is 0 Å². The molecule has 0 unspecified atom stereocenters. The van der Waals surface area contributed by atoms with Gasteiger partial charge in [-0.05, 0) is 11.6 Å². The number of rotatable bonds is 2. The van der Waals surface area contributed by atoms with Gasteiger partial charge < -0.3 is 10.4 Å². The van der Waals surface area contributed by atoms with Gasteiger partial charge in [0.25, 0.3) is 0 Å². The lowest BCUT2D eigenvalue weighted by molar-refractivity contribution is -0.138. The molecule has 5 nitrogen and oxygen atoms in total. The molecule has 0 aromatic heterocycles. The molecule has 1 atom stereocenters. The van der Waals surface area contributed by atoms with Crippen molar-refractivity contribution in [3.8, 4) is 0 Å². The first kappa shape index (κ1) is 14.2. The minimum absolute atomic E-state index is 0.0743. The van der Waals surface area contributed by atoms with E-state index >= 15 is 0 Å². The molecule has 108 valence electrons. The van der Waals surface area contributed by atoms with Gasteiger partial charge in [0, 0.05) is 12.1 Å². The molecule has 1 aromatic rings. The number of nitrogens with zero attached hydrogens (tertiary/aromatic N) is 1. The van der Waals surface area contributed by atoms with Crippen LogP contribution in [-0.2, 0) is 11.2 Å². The van der Waals surface area contributed by atoms with E-state index in [1.807, 2.05) is 0 Å². The number of benzene rings is 1. The lowest BCUT2D eigenvalue weighted by Gasteiger charge is -2.23. The van der Waals surface area contributed by atoms with Gasteiger partial charge in [0.2, 0.25) is 0 Å². The van der Waals surface area contributed by atoms with Gasteiger partial charge in [0.05, 0.1) is 0 Å². The highest BCUT2D eigenvalue weighted by Crippen LogP contribution is 2.32. The Morgan fingerprint density at radius 2 is 2.00 bits per heavy atom. The number of alkyl halides is 3. The van der Waals surface area contributed by atoms with Crippen molar-refractivity contribution >= 4 is 17.7 Å². The fourth-order valence-corrected chi connectivity index (χ4v) is 2.10. The molecule has 1 heterocycles. The van der Waals surface area contributed by atoms with Crippen LogP contribution in [0.25, 0.3) is 0 Å². The number of carbonyl (C=O) groups excluding carboxylic acids is 1. The maximum absolute atomic E-state index is 12.1. The fourth-order valence-electron chi connectivity index (χ4n) is 2.10. The van der Waals surface area contributed by atoms with E-state index in [4.69, 9.17) is 5.11 Å². The first-order valence-corrected chi connectivity index (χ1v) is 5.74. The molecule has 1 aliphatic rings. The van der Waals surface area contributed by atoms with E-state index in [1.165, 1.54) is 6.07 Å². The van der Waals surface area contributed by atoms with E-state index in [1.54, 1.807) is 23.5 Å². The number of fused-ring (bicyclic) bond motifs is 1. The van der Waals surface area contributed by atoms with E-state index < -0.39 is 30.8 Å². The number of aliphatic carboxylic acids is 1. The van der Waals surface area contributed by atoms with Crippen LogP contribution in [0.4, 0.5) is 23.7 Å². The number of para-hydroxylation sites is 1. The van der Waals surface area contributed by atoms with Crippen LogP contribution in [0.5, 0.6) is 0 Å². The zero-order chi connectivity index (χ0) is 14.9. The molecule has 1 aromatic carbocycles. The third-order valence-corrected chi connectivity index (χ3v) is 2.92. The molecule has 8 heteroatoms. The summed E-state index contributed by atoms with van der Waals surface area (Å²) in [5.74, 6) is -1.26. The molecule has 20 heavy (non-hydrogen) atoms. The fraction of sp³-hybridized carbons (Fsp3) is 0.333. The van der Waals surface area contributed by atoms with Crippen LogP contribution >= 0.6 is 0 Å². The molecule has 0 radical (unpaired) electrons. The molecular weight excluding hydrogens is 277 g/mol. The second kappa shape index (κ2) is 5.03. The van der Waals surface area contributed by atoms with Crippen molar-refractivity contribution in [2.45, 2.75) is 18.6 Å². The molecule has 0 bridgehead atoms. The van der Waals surface area contributed by atoms with E-state index in [2.05, 4.69) is 0 Å². The van der Waals surface area contributed by atoms with Crippen molar-refractivity contribution in [1.82, 2.24) is 5.32 Å². The van der Waals surface area contributed by atoms with Crippen LogP contribution in [-0.4, -0.2) is 35.9 Å². The Hall–Kier alpha value is -2.25. The summed E-state index contributed by atoms with van der Waals surface area (Å²) in [7, 11) is 0.